The SMILES string of the molecule is CC(Oc1ccc(Cl)cc1Cl)C(=O)Nc1ccc(Oc2ncccn2)cc1. The van der Waals surface area contributed by atoms with Gasteiger partial charge in [-0.15, -0.1) is 0 Å². The van der Waals surface area contributed by atoms with E-state index in [0.29, 0.717) is 27.2 Å². The van der Waals surface area contributed by atoms with Gasteiger partial charge >= 0.3 is 6.01 Å². The maximum Gasteiger partial charge on any atom is 0.321 e. The van der Waals surface area contributed by atoms with Crippen molar-refractivity contribution in [2.45, 2.75) is 13.0 Å². The van der Waals surface area contributed by atoms with Gasteiger partial charge in [0.25, 0.3) is 5.91 Å². The minimum atomic E-state index is -0.752. The van der Waals surface area contributed by atoms with Gasteiger partial charge in [-0.25, -0.2) is 9.97 Å². The molecule has 3 rings (SSSR count). The zero-order valence-corrected chi connectivity index (χ0v) is 15.7. The highest BCUT2D eigenvalue weighted by atomic mass is 35.5. The van der Waals surface area contributed by atoms with Gasteiger partial charge in [0.2, 0.25) is 0 Å². The van der Waals surface area contributed by atoms with Gasteiger partial charge in [-0.3, -0.25) is 4.79 Å². The minimum Gasteiger partial charge on any atom is -0.479 e. The second-order valence-electron chi connectivity index (χ2n) is 5.48. The summed E-state index contributed by atoms with van der Waals surface area (Å²) < 4.78 is 11.1. The van der Waals surface area contributed by atoms with Gasteiger partial charge in [-0.05, 0) is 55.5 Å². The first kappa shape index (κ1) is 18.9. The molecule has 0 aliphatic carbocycles. The lowest BCUT2D eigenvalue weighted by Gasteiger charge is -2.16. The minimum absolute atomic E-state index is 0.246. The van der Waals surface area contributed by atoms with Gasteiger partial charge in [0.1, 0.15) is 11.5 Å². The normalized spacial score (nSPS) is 11.5. The first-order chi connectivity index (χ1) is 13.0. The molecule has 3 aromatic rings. The Hall–Kier alpha value is -2.83. The van der Waals surface area contributed by atoms with Crippen molar-refractivity contribution >= 4 is 34.8 Å². The second kappa shape index (κ2) is 8.70. The summed E-state index contributed by atoms with van der Waals surface area (Å²) in [6.45, 7) is 1.63. The average Bonchev–Trinajstić information content (AvgIpc) is 2.66. The van der Waals surface area contributed by atoms with E-state index in [-0.39, 0.29) is 11.9 Å². The van der Waals surface area contributed by atoms with E-state index in [1.807, 2.05) is 0 Å². The largest absolute Gasteiger partial charge is 0.479 e. The van der Waals surface area contributed by atoms with Gasteiger partial charge < -0.3 is 14.8 Å². The Balaban J connectivity index is 1.58. The van der Waals surface area contributed by atoms with Crippen LogP contribution in [0.2, 0.25) is 10.0 Å². The molecule has 27 heavy (non-hydrogen) atoms. The van der Waals surface area contributed by atoms with Crippen LogP contribution in [0.15, 0.2) is 60.9 Å². The number of ether oxygens (including phenoxy) is 2. The molecule has 8 heteroatoms. The number of carbonyl (C=O) groups is 1. The van der Waals surface area contributed by atoms with E-state index in [4.69, 9.17) is 32.7 Å². The van der Waals surface area contributed by atoms with E-state index in [1.165, 1.54) is 0 Å². The molecule has 1 aromatic heterocycles. The number of nitrogens with one attached hydrogen (secondary N) is 1. The average molecular weight is 404 g/mol. The Kier molecular flexibility index (Phi) is 6.11. The Bertz CT molecular complexity index is 921. The summed E-state index contributed by atoms with van der Waals surface area (Å²) in [6, 6.07) is 13.6. The third-order valence-electron chi connectivity index (χ3n) is 3.44. The van der Waals surface area contributed by atoms with E-state index in [9.17, 15) is 4.79 Å². The van der Waals surface area contributed by atoms with Crippen LogP contribution in [0, 0.1) is 0 Å². The molecule has 138 valence electrons. The molecule has 0 aliphatic rings. The maximum atomic E-state index is 12.3. The molecular formula is C19H15Cl2N3O3. The molecule has 1 N–H and O–H groups in total. The lowest BCUT2D eigenvalue weighted by Crippen LogP contribution is -2.30. The van der Waals surface area contributed by atoms with Crippen molar-refractivity contribution in [3.63, 3.8) is 0 Å². The zero-order chi connectivity index (χ0) is 19.2. The van der Waals surface area contributed by atoms with Crippen molar-refractivity contribution < 1.29 is 14.3 Å². The lowest BCUT2D eigenvalue weighted by molar-refractivity contribution is -0.122. The lowest BCUT2D eigenvalue weighted by atomic mass is 10.2. The number of hydrogen-bond donors (Lipinski definition) is 1. The molecule has 0 bridgehead atoms. The van der Waals surface area contributed by atoms with E-state index in [1.54, 1.807) is 67.8 Å². The van der Waals surface area contributed by atoms with E-state index in [2.05, 4.69) is 15.3 Å². The molecule has 0 aliphatic heterocycles. The van der Waals surface area contributed by atoms with Crippen molar-refractivity contribution in [2.24, 2.45) is 0 Å². The van der Waals surface area contributed by atoms with Crippen LogP contribution in [0.4, 0.5) is 5.69 Å². The molecule has 1 amide bonds. The van der Waals surface area contributed by atoms with Crippen LogP contribution >= 0.6 is 23.2 Å². The Morgan fingerprint density at radius 2 is 1.78 bits per heavy atom. The van der Waals surface area contributed by atoms with Crippen molar-refractivity contribution in [1.82, 2.24) is 9.97 Å². The molecule has 0 saturated heterocycles. The molecule has 1 unspecified atom stereocenters. The molecular weight excluding hydrogens is 389 g/mol. The van der Waals surface area contributed by atoms with Crippen LogP contribution < -0.4 is 14.8 Å². The molecule has 0 saturated carbocycles. The molecule has 2 aromatic carbocycles. The van der Waals surface area contributed by atoms with Crippen LogP contribution in [-0.2, 0) is 4.79 Å². The van der Waals surface area contributed by atoms with Crippen molar-refractivity contribution in [2.75, 3.05) is 5.32 Å². The summed E-state index contributed by atoms with van der Waals surface area (Å²) in [4.78, 5) is 20.3. The summed E-state index contributed by atoms with van der Waals surface area (Å²) in [6.07, 6.45) is 2.42. The van der Waals surface area contributed by atoms with E-state index < -0.39 is 6.10 Å². The second-order valence-corrected chi connectivity index (χ2v) is 6.33. The Morgan fingerprint density at radius 1 is 1.07 bits per heavy atom. The number of aromatic nitrogens is 2. The smallest absolute Gasteiger partial charge is 0.321 e. The number of nitrogens with zero attached hydrogens (tertiary/aromatic N) is 2. The molecule has 0 fully saturated rings. The number of rotatable bonds is 6. The highest BCUT2D eigenvalue weighted by molar-refractivity contribution is 6.35. The first-order valence-corrected chi connectivity index (χ1v) is 8.74. The highest BCUT2D eigenvalue weighted by Crippen LogP contribution is 2.28. The number of carbonyl (C=O) groups excluding carboxylic acids is 1. The summed E-state index contributed by atoms with van der Waals surface area (Å²) in [7, 11) is 0. The summed E-state index contributed by atoms with van der Waals surface area (Å²) in [5, 5.41) is 3.60. The van der Waals surface area contributed by atoms with E-state index in [0.717, 1.165) is 0 Å². The Morgan fingerprint density at radius 3 is 2.44 bits per heavy atom. The fraction of sp³-hybridized carbons (Fsp3) is 0.105. The van der Waals surface area contributed by atoms with Gasteiger partial charge in [0.15, 0.2) is 6.10 Å². The predicted molar refractivity (Wildman–Crippen MR) is 104 cm³/mol. The van der Waals surface area contributed by atoms with E-state index >= 15 is 0 Å². The number of benzene rings is 2. The van der Waals surface area contributed by atoms with Crippen LogP contribution in [0.3, 0.4) is 0 Å². The van der Waals surface area contributed by atoms with Gasteiger partial charge in [0, 0.05) is 23.1 Å². The maximum absolute atomic E-state index is 12.3. The number of amides is 1. The number of halogens is 2. The summed E-state index contributed by atoms with van der Waals surface area (Å²) >= 11 is 11.9. The van der Waals surface area contributed by atoms with Crippen molar-refractivity contribution in [3.05, 3.63) is 71.0 Å². The number of hydrogen-bond acceptors (Lipinski definition) is 5. The summed E-state index contributed by atoms with van der Waals surface area (Å²) in [5.41, 5.74) is 0.596. The topological polar surface area (TPSA) is 73.3 Å². The van der Waals surface area contributed by atoms with Crippen LogP contribution in [0.5, 0.6) is 17.5 Å². The van der Waals surface area contributed by atoms with Crippen LogP contribution in [0.25, 0.3) is 0 Å². The third-order valence-corrected chi connectivity index (χ3v) is 3.97. The quantitative estimate of drug-likeness (QED) is 0.627. The predicted octanol–water partition coefficient (Wildman–Crippen LogP) is 4.98. The van der Waals surface area contributed by atoms with Crippen LogP contribution in [0.1, 0.15) is 6.92 Å². The fourth-order valence-corrected chi connectivity index (χ4v) is 2.56. The van der Waals surface area contributed by atoms with Gasteiger partial charge in [-0.2, -0.15) is 0 Å². The zero-order valence-electron chi connectivity index (χ0n) is 14.2. The van der Waals surface area contributed by atoms with Crippen molar-refractivity contribution in [3.8, 4) is 17.5 Å². The van der Waals surface area contributed by atoms with Gasteiger partial charge in [0.05, 0.1) is 5.02 Å². The third kappa shape index (κ3) is 5.32. The molecule has 0 radical (unpaired) electrons. The monoisotopic (exact) mass is 403 g/mol. The van der Waals surface area contributed by atoms with Crippen molar-refractivity contribution in [1.29, 1.82) is 0 Å². The number of anilines is 1. The van der Waals surface area contributed by atoms with Gasteiger partial charge in [-0.1, -0.05) is 23.2 Å². The molecule has 1 atom stereocenters. The fourth-order valence-electron chi connectivity index (χ4n) is 2.11. The molecule has 1 heterocycles. The molecule has 6 nitrogen and oxygen atoms in total. The van der Waals surface area contributed by atoms with Crippen LogP contribution in [-0.4, -0.2) is 22.0 Å². The first-order valence-electron chi connectivity index (χ1n) is 7.99. The highest BCUT2D eigenvalue weighted by Gasteiger charge is 2.16. The Labute approximate surface area is 166 Å². The summed E-state index contributed by atoms with van der Waals surface area (Å²) in [5.74, 6) is 0.618. The molecule has 0 spiro atoms. The standard InChI is InChI=1S/C19H15Cl2N3O3/c1-12(26-17-8-3-13(20)11-16(17)21)18(25)24-14-4-6-15(7-5-14)27-19-22-9-2-10-23-19/h2-12H,1H3,(H,24,25).